The van der Waals surface area contributed by atoms with Crippen LogP contribution in [-0.4, -0.2) is 34.7 Å². The van der Waals surface area contributed by atoms with Gasteiger partial charge in [-0.25, -0.2) is 9.89 Å². The van der Waals surface area contributed by atoms with E-state index in [-0.39, 0.29) is 5.69 Å². The molecule has 2 aromatic carbocycles. The van der Waals surface area contributed by atoms with Crippen molar-refractivity contribution in [2.75, 3.05) is 6.54 Å². The number of aromatic nitrogens is 2. The van der Waals surface area contributed by atoms with E-state index in [1.54, 1.807) is 24.3 Å². The molecule has 7 nitrogen and oxygen atoms in total. The zero-order valence-corrected chi connectivity index (χ0v) is 14.8. The third kappa shape index (κ3) is 4.38. The molecule has 1 heterocycles. The Morgan fingerprint density at radius 2 is 1.74 bits per heavy atom. The fourth-order valence-corrected chi connectivity index (χ4v) is 2.66. The average molecular weight is 365 g/mol. The van der Waals surface area contributed by atoms with Gasteiger partial charge in [0.25, 0.3) is 11.5 Å². The van der Waals surface area contributed by atoms with Gasteiger partial charge >= 0.3 is 5.97 Å². The number of aromatic amines is 1. The second kappa shape index (κ2) is 8.27. The van der Waals surface area contributed by atoms with Crippen LogP contribution in [0.5, 0.6) is 0 Å². The Bertz CT molecular complexity index is 1010. The van der Waals surface area contributed by atoms with Crippen LogP contribution < -0.4 is 10.9 Å². The van der Waals surface area contributed by atoms with Gasteiger partial charge in [-0.3, -0.25) is 9.59 Å². The number of carbonyl (C=O) groups excluding carboxylic acids is 2. The molecule has 0 aliphatic carbocycles. The van der Waals surface area contributed by atoms with Crippen molar-refractivity contribution in [3.63, 3.8) is 0 Å². The smallest absolute Gasteiger partial charge is 0.360 e. The lowest BCUT2D eigenvalue weighted by Gasteiger charge is -2.13. The van der Waals surface area contributed by atoms with Crippen LogP contribution in [-0.2, 0) is 16.0 Å². The first kappa shape index (κ1) is 18.3. The zero-order valence-electron chi connectivity index (χ0n) is 14.8. The summed E-state index contributed by atoms with van der Waals surface area (Å²) in [5.41, 5.74) is 0.675. The van der Waals surface area contributed by atoms with Gasteiger partial charge in [0, 0.05) is 11.9 Å². The maximum absolute atomic E-state index is 12.4. The summed E-state index contributed by atoms with van der Waals surface area (Å²) >= 11 is 0. The lowest BCUT2D eigenvalue weighted by Crippen LogP contribution is -2.37. The molecule has 0 unspecified atom stereocenters. The molecule has 0 aliphatic rings. The maximum Gasteiger partial charge on any atom is 0.360 e. The Kier molecular flexibility index (Phi) is 5.61. The lowest BCUT2D eigenvalue weighted by atomic mass is 10.1. The lowest BCUT2D eigenvalue weighted by molar-refractivity contribution is -0.129. The van der Waals surface area contributed by atoms with Crippen LogP contribution in [0, 0.1) is 0 Å². The van der Waals surface area contributed by atoms with Crippen LogP contribution >= 0.6 is 0 Å². The Balaban J connectivity index is 1.61. The van der Waals surface area contributed by atoms with Crippen molar-refractivity contribution < 1.29 is 14.3 Å². The Hall–Kier alpha value is -3.48. The molecule has 7 heteroatoms. The normalized spacial score (nSPS) is 11.7. The molecular weight excluding hydrogens is 346 g/mol. The van der Waals surface area contributed by atoms with Gasteiger partial charge < -0.3 is 10.1 Å². The maximum atomic E-state index is 12.4. The molecule has 1 amide bonds. The van der Waals surface area contributed by atoms with Crippen molar-refractivity contribution in [1.29, 1.82) is 0 Å². The van der Waals surface area contributed by atoms with E-state index >= 15 is 0 Å². The number of hydrogen-bond donors (Lipinski definition) is 2. The summed E-state index contributed by atoms with van der Waals surface area (Å²) in [5.74, 6) is -1.17. The largest absolute Gasteiger partial charge is 0.448 e. The molecule has 27 heavy (non-hydrogen) atoms. The fourth-order valence-electron chi connectivity index (χ4n) is 2.66. The Morgan fingerprint density at radius 3 is 2.48 bits per heavy atom. The van der Waals surface area contributed by atoms with Gasteiger partial charge in [0.15, 0.2) is 11.8 Å². The highest BCUT2D eigenvalue weighted by molar-refractivity contribution is 6.02. The Morgan fingerprint density at radius 1 is 1.07 bits per heavy atom. The summed E-state index contributed by atoms with van der Waals surface area (Å²) in [6, 6.07) is 16.3. The third-order valence-corrected chi connectivity index (χ3v) is 4.10. The van der Waals surface area contributed by atoms with E-state index in [2.05, 4.69) is 15.5 Å². The molecule has 0 radical (unpaired) electrons. The topological polar surface area (TPSA) is 101 Å². The van der Waals surface area contributed by atoms with Gasteiger partial charge in [0.05, 0.1) is 5.39 Å². The van der Waals surface area contributed by atoms with Crippen LogP contribution in [0.15, 0.2) is 59.4 Å². The average Bonchev–Trinajstić information content (AvgIpc) is 2.69. The van der Waals surface area contributed by atoms with Crippen molar-refractivity contribution in [1.82, 2.24) is 15.5 Å². The number of fused-ring (bicyclic) bond motifs is 1. The second-order valence-electron chi connectivity index (χ2n) is 6.02. The summed E-state index contributed by atoms with van der Waals surface area (Å²) in [6.45, 7) is 1.92. The summed E-state index contributed by atoms with van der Waals surface area (Å²) < 4.78 is 5.21. The van der Waals surface area contributed by atoms with E-state index in [4.69, 9.17) is 4.74 Å². The van der Waals surface area contributed by atoms with Crippen molar-refractivity contribution >= 4 is 22.6 Å². The van der Waals surface area contributed by atoms with Gasteiger partial charge in [-0.05, 0) is 25.0 Å². The first-order valence-corrected chi connectivity index (χ1v) is 8.56. The van der Waals surface area contributed by atoms with Crippen molar-refractivity contribution in [2.24, 2.45) is 0 Å². The summed E-state index contributed by atoms with van der Waals surface area (Å²) in [6.07, 6.45) is -0.305. The number of rotatable bonds is 6. The molecule has 0 fully saturated rings. The van der Waals surface area contributed by atoms with Gasteiger partial charge in [-0.1, -0.05) is 48.5 Å². The number of ether oxygens (including phenoxy) is 1. The summed E-state index contributed by atoms with van der Waals surface area (Å²) in [7, 11) is 0. The molecule has 138 valence electrons. The highest BCUT2D eigenvalue weighted by Gasteiger charge is 2.21. The molecule has 0 spiro atoms. The predicted molar refractivity (Wildman–Crippen MR) is 100 cm³/mol. The molecular formula is C20H19N3O4. The van der Waals surface area contributed by atoms with Gasteiger partial charge in [-0.2, -0.15) is 5.10 Å². The van der Waals surface area contributed by atoms with Crippen molar-refractivity contribution in [2.45, 2.75) is 19.4 Å². The number of carbonyl (C=O) groups is 2. The second-order valence-corrected chi connectivity index (χ2v) is 6.02. The minimum Gasteiger partial charge on any atom is -0.448 e. The monoisotopic (exact) mass is 365 g/mol. The van der Waals surface area contributed by atoms with Crippen LogP contribution in [0.1, 0.15) is 23.0 Å². The van der Waals surface area contributed by atoms with Crippen LogP contribution in [0.2, 0.25) is 0 Å². The number of nitrogens with one attached hydrogen (secondary N) is 2. The molecule has 0 saturated carbocycles. The zero-order chi connectivity index (χ0) is 19.2. The molecule has 2 N–H and O–H groups in total. The quantitative estimate of drug-likeness (QED) is 0.649. The third-order valence-electron chi connectivity index (χ3n) is 4.10. The first-order chi connectivity index (χ1) is 13.1. The molecule has 1 atom stereocenters. The van der Waals surface area contributed by atoms with Crippen LogP contribution in [0.25, 0.3) is 10.8 Å². The van der Waals surface area contributed by atoms with Crippen molar-refractivity contribution in [3.8, 4) is 0 Å². The predicted octanol–water partition coefficient (Wildman–Crippen LogP) is 1.83. The number of benzene rings is 2. The molecule has 0 saturated heterocycles. The van der Waals surface area contributed by atoms with E-state index in [1.165, 1.54) is 6.92 Å². The number of amides is 1. The van der Waals surface area contributed by atoms with Gasteiger partial charge in [0.1, 0.15) is 0 Å². The van der Waals surface area contributed by atoms with E-state index < -0.39 is 23.5 Å². The fraction of sp³-hybridized carbons (Fsp3) is 0.200. The number of esters is 1. The van der Waals surface area contributed by atoms with E-state index in [1.807, 2.05) is 30.3 Å². The van der Waals surface area contributed by atoms with Crippen molar-refractivity contribution in [3.05, 3.63) is 76.2 Å². The first-order valence-electron chi connectivity index (χ1n) is 8.56. The molecule has 0 bridgehead atoms. The van der Waals surface area contributed by atoms with Gasteiger partial charge in [-0.15, -0.1) is 0 Å². The summed E-state index contributed by atoms with van der Waals surface area (Å²) in [4.78, 5) is 36.3. The van der Waals surface area contributed by atoms with Crippen LogP contribution in [0.4, 0.5) is 0 Å². The highest BCUT2D eigenvalue weighted by atomic mass is 16.5. The van der Waals surface area contributed by atoms with Crippen LogP contribution in [0.3, 0.4) is 0 Å². The summed E-state index contributed by atoms with van der Waals surface area (Å²) in [5, 5.41) is 9.50. The SMILES string of the molecule is C[C@H](OC(=O)c1n[nH]c(=O)c2ccccc12)C(=O)NCCc1ccccc1. The molecule has 3 aromatic rings. The van der Waals surface area contributed by atoms with E-state index in [9.17, 15) is 14.4 Å². The molecule has 3 rings (SSSR count). The van der Waals surface area contributed by atoms with E-state index in [0.29, 0.717) is 23.7 Å². The molecule has 1 aromatic heterocycles. The minimum absolute atomic E-state index is 0.0332. The van der Waals surface area contributed by atoms with Gasteiger partial charge in [0.2, 0.25) is 0 Å². The number of H-pyrrole nitrogens is 1. The number of hydrogen-bond acceptors (Lipinski definition) is 5. The highest BCUT2D eigenvalue weighted by Crippen LogP contribution is 2.14. The Labute approximate surface area is 155 Å². The van der Waals surface area contributed by atoms with E-state index in [0.717, 1.165) is 5.56 Å². The number of nitrogens with zero attached hydrogens (tertiary/aromatic N) is 1. The minimum atomic E-state index is -0.985. The molecule has 0 aliphatic heterocycles. The standard InChI is InChI=1S/C20H19N3O4/c1-13(18(24)21-12-11-14-7-3-2-4-8-14)27-20(26)17-15-9-5-6-10-16(15)19(25)23-22-17/h2-10,13H,11-12H2,1H3,(H,21,24)(H,23,25)/t13-/m0/s1.